The first-order valence-corrected chi connectivity index (χ1v) is 6.89. The highest BCUT2D eigenvalue weighted by Crippen LogP contribution is 2.36. The van der Waals surface area contributed by atoms with Crippen molar-refractivity contribution in [1.29, 1.82) is 0 Å². The average Bonchev–Trinajstić information content (AvgIpc) is 2.40. The van der Waals surface area contributed by atoms with E-state index in [0.29, 0.717) is 13.1 Å². The van der Waals surface area contributed by atoms with Gasteiger partial charge in [0.1, 0.15) is 5.75 Å². The van der Waals surface area contributed by atoms with Gasteiger partial charge in [0, 0.05) is 13.1 Å². The highest BCUT2D eigenvalue weighted by molar-refractivity contribution is 6.00. The van der Waals surface area contributed by atoms with Crippen LogP contribution in [-0.2, 0) is 11.3 Å². The third-order valence-corrected chi connectivity index (χ3v) is 3.37. The number of amides is 1. The summed E-state index contributed by atoms with van der Waals surface area (Å²) in [6, 6.07) is 5.83. The Hall–Kier alpha value is -1.55. The van der Waals surface area contributed by atoms with Crippen molar-refractivity contribution in [1.82, 2.24) is 0 Å². The SMILES string of the molecule is CCCN1C(=O)C(C(C)C)Oc2ccc(CN)cc21. The molecule has 4 heteroatoms. The number of hydrogen-bond donors (Lipinski definition) is 1. The number of rotatable bonds is 4. The van der Waals surface area contributed by atoms with E-state index >= 15 is 0 Å². The lowest BCUT2D eigenvalue weighted by molar-refractivity contribution is -0.128. The van der Waals surface area contributed by atoms with E-state index in [0.717, 1.165) is 23.4 Å². The summed E-state index contributed by atoms with van der Waals surface area (Å²) in [4.78, 5) is 14.3. The number of benzene rings is 1. The Morgan fingerprint density at radius 1 is 1.42 bits per heavy atom. The fraction of sp³-hybridized carbons (Fsp3) is 0.533. The van der Waals surface area contributed by atoms with E-state index in [1.165, 1.54) is 0 Å². The highest BCUT2D eigenvalue weighted by atomic mass is 16.5. The van der Waals surface area contributed by atoms with Crippen LogP contribution >= 0.6 is 0 Å². The van der Waals surface area contributed by atoms with Crippen molar-refractivity contribution in [3.63, 3.8) is 0 Å². The average molecular weight is 262 g/mol. The molecule has 1 aromatic rings. The first-order valence-electron chi connectivity index (χ1n) is 6.89. The second kappa shape index (κ2) is 5.61. The molecule has 104 valence electrons. The van der Waals surface area contributed by atoms with Gasteiger partial charge in [-0.2, -0.15) is 0 Å². The molecular formula is C15H22N2O2. The monoisotopic (exact) mass is 262 g/mol. The van der Waals surface area contributed by atoms with Gasteiger partial charge in [-0.25, -0.2) is 0 Å². The van der Waals surface area contributed by atoms with E-state index in [-0.39, 0.29) is 17.9 Å². The van der Waals surface area contributed by atoms with Gasteiger partial charge in [0.25, 0.3) is 5.91 Å². The van der Waals surface area contributed by atoms with E-state index in [4.69, 9.17) is 10.5 Å². The van der Waals surface area contributed by atoms with Crippen LogP contribution in [0.4, 0.5) is 5.69 Å². The van der Waals surface area contributed by atoms with Gasteiger partial charge in [0.05, 0.1) is 5.69 Å². The van der Waals surface area contributed by atoms with Crippen LogP contribution in [0, 0.1) is 5.92 Å². The van der Waals surface area contributed by atoms with Crippen LogP contribution in [0.15, 0.2) is 18.2 Å². The Labute approximate surface area is 114 Å². The molecule has 0 fully saturated rings. The quantitative estimate of drug-likeness (QED) is 0.906. The molecule has 0 aromatic heterocycles. The molecule has 0 radical (unpaired) electrons. The highest BCUT2D eigenvalue weighted by Gasteiger charge is 2.35. The minimum Gasteiger partial charge on any atom is -0.478 e. The molecule has 1 aliphatic heterocycles. The Kier molecular flexibility index (Phi) is 4.10. The zero-order chi connectivity index (χ0) is 14.0. The zero-order valence-electron chi connectivity index (χ0n) is 11.8. The fourth-order valence-corrected chi connectivity index (χ4v) is 2.34. The minimum atomic E-state index is -0.386. The van der Waals surface area contributed by atoms with Gasteiger partial charge in [-0.05, 0) is 30.0 Å². The zero-order valence-corrected chi connectivity index (χ0v) is 11.8. The van der Waals surface area contributed by atoms with E-state index in [9.17, 15) is 4.79 Å². The summed E-state index contributed by atoms with van der Waals surface area (Å²) in [5.41, 5.74) is 7.53. The summed E-state index contributed by atoms with van der Waals surface area (Å²) in [6.45, 7) is 7.26. The molecule has 1 amide bonds. The van der Waals surface area contributed by atoms with Crippen LogP contribution in [0.5, 0.6) is 5.75 Å². The van der Waals surface area contributed by atoms with Gasteiger partial charge in [0.2, 0.25) is 0 Å². The summed E-state index contributed by atoms with van der Waals surface area (Å²) in [5.74, 6) is 0.997. The van der Waals surface area contributed by atoms with Gasteiger partial charge in [-0.3, -0.25) is 4.79 Å². The molecule has 4 nitrogen and oxygen atoms in total. The number of nitrogens with two attached hydrogens (primary N) is 1. The van der Waals surface area contributed by atoms with Crippen LogP contribution in [-0.4, -0.2) is 18.6 Å². The number of carbonyl (C=O) groups is 1. The summed E-state index contributed by atoms with van der Waals surface area (Å²) >= 11 is 0. The molecule has 0 bridgehead atoms. The fourth-order valence-electron chi connectivity index (χ4n) is 2.34. The van der Waals surface area contributed by atoms with Crippen LogP contribution in [0.25, 0.3) is 0 Å². The molecule has 2 N–H and O–H groups in total. The van der Waals surface area contributed by atoms with Gasteiger partial charge in [-0.15, -0.1) is 0 Å². The predicted octanol–water partition coefficient (Wildman–Crippen LogP) is 2.31. The summed E-state index contributed by atoms with van der Waals surface area (Å²) in [5, 5.41) is 0. The van der Waals surface area contributed by atoms with Crippen molar-refractivity contribution in [3.8, 4) is 5.75 Å². The van der Waals surface area contributed by atoms with Crippen molar-refractivity contribution in [2.45, 2.75) is 39.8 Å². The van der Waals surface area contributed by atoms with Crippen LogP contribution < -0.4 is 15.4 Å². The summed E-state index contributed by atoms with van der Waals surface area (Å²) < 4.78 is 5.85. The molecule has 19 heavy (non-hydrogen) atoms. The lowest BCUT2D eigenvalue weighted by Gasteiger charge is -2.36. The topological polar surface area (TPSA) is 55.6 Å². The van der Waals surface area contributed by atoms with Crippen LogP contribution in [0.1, 0.15) is 32.8 Å². The molecule has 0 saturated carbocycles. The largest absolute Gasteiger partial charge is 0.478 e. The lowest BCUT2D eigenvalue weighted by atomic mass is 10.0. The molecule has 1 aromatic carbocycles. The Bertz CT molecular complexity index is 471. The molecule has 0 saturated heterocycles. The van der Waals surface area contributed by atoms with Crippen LogP contribution in [0.3, 0.4) is 0 Å². The minimum absolute atomic E-state index is 0.0542. The molecular weight excluding hydrogens is 240 g/mol. The van der Waals surface area contributed by atoms with Crippen LogP contribution in [0.2, 0.25) is 0 Å². The van der Waals surface area contributed by atoms with E-state index < -0.39 is 0 Å². The standard InChI is InChI=1S/C15H22N2O2/c1-4-7-17-12-8-11(9-16)5-6-13(12)19-14(10(2)3)15(17)18/h5-6,8,10,14H,4,7,9,16H2,1-3H3. The maximum absolute atomic E-state index is 12.5. The third-order valence-electron chi connectivity index (χ3n) is 3.37. The first kappa shape index (κ1) is 13.9. The maximum atomic E-state index is 12.5. The maximum Gasteiger partial charge on any atom is 0.268 e. The number of nitrogens with zero attached hydrogens (tertiary/aromatic N) is 1. The third kappa shape index (κ3) is 2.59. The first-order chi connectivity index (χ1) is 9.08. The van der Waals surface area contributed by atoms with Crippen molar-refractivity contribution < 1.29 is 9.53 Å². The van der Waals surface area contributed by atoms with Crippen molar-refractivity contribution in [2.75, 3.05) is 11.4 Å². The van der Waals surface area contributed by atoms with Gasteiger partial charge < -0.3 is 15.4 Å². The van der Waals surface area contributed by atoms with E-state index in [2.05, 4.69) is 6.92 Å². The second-order valence-corrected chi connectivity index (χ2v) is 5.28. The predicted molar refractivity (Wildman–Crippen MR) is 76.2 cm³/mol. The Morgan fingerprint density at radius 3 is 2.74 bits per heavy atom. The lowest BCUT2D eigenvalue weighted by Crippen LogP contribution is -2.48. The molecule has 1 atom stereocenters. The molecule has 1 unspecified atom stereocenters. The number of ether oxygens (including phenoxy) is 1. The van der Waals surface area contributed by atoms with E-state index in [1.54, 1.807) is 0 Å². The van der Waals surface area contributed by atoms with E-state index in [1.807, 2.05) is 36.9 Å². The number of hydrogen-bond acceptors (Lipinski definition) is 3. The normalized spacial score (nSPS) is 18.5. The number of anilines is 1. The van der Waals surface area contributed by atoms with Crippen molar-refractivity contribution >= 4 is 11.6 Å². The number of carbonyl (C=O) groups excluding carboxylic acids is 1. The number of fused-ring (bicyclic) bond motifs is 1. The molecule has 1 aliphatic rings. The second-order valence-electron chi connectivity index (χ2n) is 5.28. The van der Waals surface area contributed by atoms with Crippen molar-refractivity contribution in [3.05, 3.63) is 23.8 Å². The van der Waals surface area contributed by atoms with Crippen molar-refractivity contribution in [2.24, 2.45) is 11.7 Å². The Balaban J connectivity index is 2.43. The molecule has 0 spiro atoms. The molecule has 1 heterocycles. The summed E-state index contributed by atoms with van der Waals surface area (Å²) in [7, 11) is 0. The molecule has 2 rings (SSSR count). The van der Waals surface area contributed by atoms with Gasteiger partial charge in [-0.1, -0.05) is 26.8 Å². The van der Waals surface area contributed by atoms with Gasteiger partial charge in [0.15, 0.2) is 6.10 Å². The smallest absolute Gasteiger partial charge is 0.268 e. The summed E-state index contributed by atoms with van der Waals surface area (Å²) in [6.07, 6.45) is 0.533. The Morgan fingerprint density at radius 2 is 2.16 bits per heavy atom. The van der Waals surface area contributed by atoms with Gasteiger partial charge >= 0.3 is 0 Å². The molecule has 0 aliphatic carbocycles.